The van der Waals surface area contributed by atoms with E-state index in [9.17, 15) is 35.9 Å². The zero-order chi connectivity index (χ0) is 50.6. The molecule has 6 fully saturated rings. The Morgan fingerprint density at radius 2 is 1.11 bits per heavy atom. The number of benzene rings is 2. The van der Waals surface area contributed by atoms with E-state index in [1.807, 2.05) is 26.0 Å². The number of piperidine rings is 1. The normalized spacial score (nSPS) is 22.5. The third kappa shape index (κ3) is 12.5. The minimum Gasteiger partial charge on any atom is -0.382 e. The van der Waals surface area contributed by atoms with Crippen LogP contribution in [0.3, 0.4) is 0 Å². The summed E-state index contributed by atoms with van der Waals surface area (Å²) < 4.78 is 81.7. The van der Waals surface area contributed by atoms with E-state index in [1.165, 1.54) is 12.8 Å². The van der Waals surface area contributed by atoms with Crippen LogP contribution in [0.4, 0.5) is 37.7 Å². The van der Waals surface area contributed by atoms with Crippen LogP contribution in [0.2, 0.25) is 0 Å². The van der Waals surface area contributed by atoms with Crippen LogP contribution in [0.25, 0.3) is 44.8 Å². The highest BCUT2D eigenvalue weighted by Crippen LogP contribution is 2.48. The molecular weight excluding hydrogens is 919 g/mol. The Labute approximate surface area is 412 Å². The predicted molar refractivity (Wildman–Crippen MR) is 272 cm³/mol. The lowest BCUT2D eigenvalue weighted by Gasteiger charge is -2.51. The highest BCUT2D eigenvalue weighted by atomic mass is 19.4. The maximum atomic E-state index is 13.6. The van der Waals surface area contributed by atoms with E-state index in [1.54, 1.807) is 60.7 Å². The highest BCUT2D eigenvalue weighted by molar-refractivity contribution is 6.02. The molecule has 2 amide bonds. The smallest absolute Gasteiger partial charge is 0.382 e. The van der Waals surface area contributed by atoms with Gasteiger partial charge in [-0.3, -0.25) is 9.59 Å². The van der Waals surface area contributed by atoms with Crippen molar-refractivity contribution in [3.8, 4) is 0 Å². The number of nitrogens with one attached hydrogen (secondary N) is 6. The first-order chi connectivity index (χ1) is 34.0. The van der Waals surface area contributed by atoms with Crippen LogP contribution in [0.5, 0.6) is 0 Å². The number of fused-ring (bicyclic) bond motifs is 2. The standard InChI is InChI=1S/C27H31F3N4O.C26H29F3N4O.C2H6/c1-17(27(28,29)30)24-21-6-2-7-23(33-20-14-26(15-20)10-4-11-31-16-26)22(21)13-19(34-24)5-3-12-32-25(35)18-8-9-18;1-16(26(27,28)29)23-20-5-2-6-22(32-19-9-10-25(13-19)14-30-15-25)21(20)12-18(33-23)4-3-11-31-24(34)17-7-8-17;1-2/h2-3,5-7,13,18,20,31,33H,1,4,8-12,14-16H2,(H,32,35);2-6,12,17,19,30,32H,1,7-11,13-15H2,(H,31,34);1-2H3/b5-3+;4-3+;. The first-order valence-electron chi connectivity index (χ1n) is 25.2. The van der Waals surface area contributed by atoms with Gasteiger partial charge in [-0.2, -0.15) is 26.3 Å². The van der Waals surface area contributed by atoms with Gasteiger partial charge >= 0.3 is 12.4 Å². The predicted octanol–water partition coefficient (Wildman–Crippen LogP) is 11.2. The molecule has 10 nitrogen and oxygen atoms in total. The van der Waals surface area contributed by atoms with Crippen molar-refractivity contribution in [2.24, 2.45) is 22.7 Å². The number of aromatic nitrogens is 2. The zero-order valence-corrected chi connectivity index (χ0v) is 40.7. The number of alkyl halides is 6. The molecule has 2 aromatic heterocycles. The van der Waals surface area contributed by atoms with Crippen molar-refractivity contribution in [1.29, 1.82) is 0 Å². The molecule has 2 aliphatic heterocycles. The third-order valence-electron chi connectivity index (χ3n) is 14.6. The van der Waals surface area contributed by atoms with E-state index >= 15 is 0 Å². The van der Waals surface area contributed by atoms with Crippen molar-refractivity contribution in [3.05, 3.63) is 96.6 Å². The Morgan fingerprint density at radius 1 is 0.648 bits per heavy atom. The van der Waals surface area contributed by atoms with Crippen LogP contribution >= 0.6 is 0 Å². The fourth-order valence-electron chi connectivity index (χ4n) is 10.4. The number of halogens is 6. The number of carbonyl (C=O) groups is 2. The van der Waals surface area contributed by atoms with Crippen molar-refractivity contribution in [1.82, 2.24) is 31.2 Å². The molecule has 6 aliphatic rings. The van der Waals surface area contributed by atoms with Gasteiger partial charge in [0.2, 0.25) is 11.8 Å². The Morgan fingerprint density at radius 3 is 1.52 bits per heavy atom. The van der Waals surface area contributed by atoms with Gasteiger partial charge in [-0.15, -0.1) is 0 Å². The maximum absolute atomic E-state index is 13.6. The Hall–Kier alpha value is -5.74. The summed E-state index contributed by atoms with van der Waals surface area (Å²) in [4.78, 5) is 32.2. The van der Waals surface area contributed by atoms with E-state index in [-0.39, 0.29) is 41.1 Å². The van der Waals surface area contributed by atoms with Crippen LogP contribution in [0, 0.1) is 22.7 Å². The Bertz CT molecular complexity index is 2670. The fraction of sp³-hybridized carbons (Fsp3) is 0.491. The summed E-state index contributed by atoms with van der Waals surface area (Å²) >= 11 is 0. The van der Waals surface area contributed by atoms with E-state index in [2.05, 4.69) is 55.0 Å². The topological polar surface area (TPSA) is 132 Å². The summed E-state index contributed by atoms with van der Waals surface area (Å²) in [6.07, 6.45) is 9.00. The molecule has 16 heteroatoms. The molecule has 2 spiro atoms. The number of allylic oxidation sites excluding steroid dienone is 2. The second kappa shape index (κ2) is 21.5. The van der Waals surface area contributed by atoms with Gasteiger partial charge in [0.15, 0.2) is 0 Å². The lowest BCUT2D eigenvalue weighted by atomic mass is 9.62. The summed E-state index contributed by atoms with van der Waals surface area (Å²) in [5, 5.41) is 21.9. The summed E-state index contributed by atoms with van der Waals surface area (Å²) in [6, 6.07) is 14.9. The minimum atomic E-state index is -4.59. The molecule has 380 valence electrons. The van der Waals surface area contributed by atoms with Crippen molar-refractivity contribution < 1.29 is 35.9 Å². The van der Waals surface area contributed by atoms with Gasteiger partial charge in [0.05, 0.1) is 33.9 Å². The van der Waals surface area contributed by atoms with E-state index in [4.69, 9.17) is 0 Å². The molecule has 4 heterocycles. The molecule has 0 bridgehead atoms. The molecule has 4 aliphatic carbocycles. The number of anilines is 2. The second-order valence-corrected chi connectivity index (χ2v) is 20.1. The number of nitrogens with zero attached hydrogens (tertiary/aromatic N) is 2. The van der Waals surface area contributed by atoms with Crippen LogP contribution in [0.15, 0.2) is 73.8 Å². The summed E-state index contributed by atoms with van der Waals surface area (Å²) in [5.74, 6) is 0.246. The monoisotopic (exact) mass is 985 g/mol. The summed E-state index contributed by atoms with van der Waals surface area (Å²) in [5.41, 5.74) is 0.852. The molecule has 2 saturated heterocycles. The lowest BCUT2D eigenvalue weighted by Crippen LogP contribution is -2.53. The first kappa shape index (κ1) is 51.6. The van der Waals surface area contributed by atoms with Crippen molar-refractivity contribution >= 4 is 68.0 Å². The van der Waals surface area contributed by atoms with Gasteiger partial charge in [-0.05, 0) is 124 Å². The van der Waals surface area contributed by atoms with E-state index < -0.39 is 23.5 Å². The molecule has 4 saturated carbocycles. The van der Waals surface area contributed by atoms with Crippen LogP contribution in [-0.4, -0.2) is 85.5 Å². The number of rotatable bonds is 14. The Balaban J connectivity index is 0.000000184. The average molecular weight is 985 g/mol. The number of hydrogen-bond acceptors (Lipinski definition) is 8. The number of hydrogen-bond donors (Lipinski definition) is 6. The lowest BCUT2D eigenvalue weighted by molar-refractivity contribution is -0.122. The van der Waals surface area contributed by atoms with Gasteiger partial charge in [-0.1, -0.05) is 63.4 Å². The number of pyridine rings is 2. The average Bonchev–Trinajstić information content (AvgIpc) is 4.29. The Kier molecular flexibility index (Phi) is 15.7. The van der Waals surface area contributed by atoms with E-state index in [0.717, 1.165) is 95.3 Å². The largest absolute Gasteiger partial charge is 0.417 e. The highest BCUT2D eigenvalue weighted by Gasteiger charge is 2.45. The molecule has 71 heavy (non-hydrogen) atoms. The van der Waals surface area contributed by atoms with Gasteiger partial charge in [0.1, 0.15) is 0 Å². The molecule has 1 atom stereocenters. The molecule has 10 rings (SSSR count). The van der Waals surface area contributed by atoms with Gasteiger partial charge in [0, 0.05) is 89.6 Å². The SMILES string of the molecule is C=C(c1nc(/C=C/CNC(=O)C2CC2)cc2c(NC3CC4(CCCNC4)C3)cccc12)C(F)(F)F.C=C(c1nc(/C=C/CNC(=O)C2CC2)cc2c(NC3CCC4(CNC4)C3)cccc12)C(F)(F)F.CC. The van der Waals surface area contributed by atoms with Gasteiger partial charge < -0.3 is 31.9 Å². The van der Waals surface area contributed by atoms with Crippen LogP contribution in [-0.2, 0) is 9.59 Å². The van der Waals surface area contributed by atoms with E-state index in [0.29, 0.717) is 62.9 Å². The van der Waals surface area contributed by atoms with Gasteiger partial charge in [0.25, 0.3) is 0 Å². The molecule has 4 aromatic rings. The van der Waals surface area contributed by atoms with Crippen molar-refractivity contribution in [2.45, 2.75) is 109 Å². The van der Waals surface area contributed by atoms with Crippen molar-refractivity contribution in [3.63, 3.8) is 0 Å². The summed E-state index contributed by atoms with van der Waals surface area (Å²) in [6.45, 7) is 15.4. The van der Waals surface area contributed by atoms with Crippen LogP contribution in [0.1, 0.15) is 107 Å². The number of carbonyl (C=O) groups excluding carboxylic acids is 2. The number of amides is 2. The molecule has 0 radical (unpaired) electrons. The second-order valence-electron chi connectivity index (χ2n) is 20.1. The third-order valence-corrected chi connectivity index (χ3v) is 14.6. The summed E-state index contributed by atoms with van der Waals surface area (Å²) in [7, 11) is 0. The van der Waals surface area contributed by atoms with Crippen LogP contribution < -0.4 is 31.9 Å². The maximum Gasteiger partial charge on any atom is 0.417 e. The zero-order valence-electron chi connectivity index (χ0n) is 40.7. The molecule has 2 aromatic carbocycles. The van der Waals surface area contributed by atoms with Crippen molar-refractivity contribution in [2.75, 3.05) is 49.9 Å². The van der Waals surface area contributed by atoms with Gasteiger partial charge in [-0.25, -0.2) is 9.97 Å². The fourth-order valence-corrected chi connectivity index (χ4v) is 10.4. The first-order valence-corrected chi connectivity index (χ1v) is 25.2. The quantitative estimate of drug-likeness (QED) is 0.0689. The molecule has 6 N–H and O–H groups in total. The molecular formula is C55H66F6N8O2. The minimum absolute atomic E-state index is 0.0183. The molecule has 1 unspecified atom stereocenters.